The molecule has 4 rings (SSSR count). The summed E-state index contributed by atoms with van der Waals surface area (Å²) in [7, 11) is -1.04. The predicted molar refractivity (Wildman–Crippen MR) is 154 cm³/mol. The van der Waals surface area contributed by atoms with Gasteiger partial charge in [0.1, 0.15) is 0 Å². The van der Waals surface area contributed by atoms with Crippen LogP contribution in [0.1, 0.15) is 42.4 Å². The predicted octanol–water partition coefficient (Wildman–Crippen LogP) is 3.26. The van der Waals surface area contributed by atoms with E-state index in [9.17, 15) is 13.0 Å². The van der Waals surface area contributed by atoms with Gasteiger partial charge in [-0.25, -0.2) is 0 Å². The van der Waals surface area contributed by atoms with Crippen LogP contribution < -0.4 is 23.4 Å². The Hall–Kier alpha value is -2.06. The average Bonchev–Trinajstić information content (AvgIpc) is 3.37. The molecule has 0 N–H and O–H groups in total. The van der Waals surface area contributed by atoms with Crippen molar-refractivity contribution in [1.82, 2.24) is 0 Å². The molecule has 0 saturated heterocycles. The molecule has 1 aromatic heterocycles. The fourth-order valence-corrected chi connectivity index (χ4v) is 10.2. The van der Waals surface area contributed by atoms with Gasteiger partial charge in [-0.3, -0.25) is 0 Å². The molecule has 1 aliphatic rings. The van der Waals surface area contributed by atoms with E-state index in [0.717, 1.165) is 27.3 Å². The van der Waals surface area contributed by atoms with Crippen molar-refractivity contribution >= 4 is 65.6 Å². The quantitative estimate of drug-likeness (QED) is 0.188. The standard InChI is InChI=1S/C28H34N2O5SSe2/c1-7-20(14-27-29(8-2)21-12-18(3)19(4)13-25(21)37-27)15-28-30(10-9-11-36(31,32)33)22-16-23(34-5)24(35-6)17-26(22)38-28/h12-17H,7-11H2,1-6H3. The number of aryl methyl sites for hydroxylation is 3. The molecule has 0 atom stereocenters. The molecular formula is C28H34N2O5SSe2. The van der Waals surface area contributed by atoms with E-state index in [0.29, 0.717) is 18.0 Å². The summed E-state index contributed by atoms with van der Waals surface area (Å²) < 4.78 is 52.2. The molecule has 2 heterocycles. The number of benzene rings is 2. The number of hydrogen-bond acceptors (Lipinski definition) is 6. The van der Waals surface area contributed by atoms with E-state index in [1.54, 1.807) is 14.2 Å². The fourth-order valence-electron chi connectivity index (χ4n) is 4.52. The van der Waals surface area contributed by atoms with Crippen LogP contribution in [0.4, 0.5) is 5.69 Å². The molecular weight excluding hydrogens is 634 g/mol. The summed E-state index contributed by atoms with van der Waals surface area (Å²) >= 11 is 0.224. The van der Waals surface area contributed by atoms with Crippen LogP contribution in [-0.4, -0.2) is 68.9 Å². The van der Waals surface area contributed by atoms with Gasteiger partial charge in [-0.2, -0.15) is 0 Å². The van der Waals surface area contributed by atoms with Crippen molar-refractivity contribution < 1.29 is 27.0 Å². The van der Waals surface area contributed by atoms with Crippen LogP contribution in [0, 0.1) is 13.8 Å². The summed E-state index contributed by atoms with van der Waals surface area (Å²) in [5.41, 5.74) is 6.18. The molecule has 38 heavy (non-hydrogen) atoms. The monoisotopic (exact) mass is 670 g/mol. The molecule has 0 unspecified atom stereocenters. The summed E-state index contributed by atoms with van der Waals surface area (Å²) in [5, 5.41) is 0. The van der Waals surface area contributed by atoms with E-state index in [1.807, 2.05) is 12.1 Å². The zero-order valence-electron chi connectivity index (χ0n) is 22.7. The van der Waals surface area contributed by atoms with Crippen LogP contribution in [0.5, 0.6) is 11.5 Å². The first kappa shape index (κ1) is 28.9. The maximum atomic E-state index is 11.3. The number of ether oxygens (including phenoxy) is 2. The molecule has 7 nitrogen and oxygen atoms in total. The molecule has 0 bridgehead atoms. The molecule has 204 valence electrons. The molecule has 0 fully saturated rings. The van der Waals surface area contributed by atoms with Gasteiger partial charge in [-0.1, -0.05) is 0 Å². The van der Waals surface area contributed by atoms with E-state index in [2.05, 4.69) is 61.4 Å². The van der Waals surface area contributed by atoms with Gasteiger partial charge in [0.2, 0.25) is 0 Å². The summed E-state index contributed by atoms with van der Waals surface area (Å²) in [6, 6.07) is 8.61. The molecule has 0 aliphatic carbocycles. The Kier molecular flexibility index (Phi) is 9.13. The molecule has 0 amide bonds. The van der Waals surface area contributed by atoms with Gasteiger partial charge in [0.05, 0.1) is 0 Å². The van der Waals surface area contributed by atoms with Gasteiger partial charge in [-0.05, 0) is 0 Å². The Balaban J connectivity index is 1.78. The van der Waals surface area contributed by atoms with Crippen LogP contribution >= 0.6 is 0 Å². The molecule has 2 aromatic carbocycles. The Morgan fingerprint density at radius 1 is 1.08 bits per heavy atom. The van der Waals surface area contributed by atoms with Crippen molar-refractivity contribution in [3.63, 3.8) is 0 Å². The first-order valence-corrected chi connectivity index (χ1v) is 17.6. The zero-order chi connectivity index (χ0) is 27.6. The number of hydrogen-bond donors (Lipinski definition) is 0. The maximum absolute atomic E-state index is 11.3. The number of methoxy groups -OCH3 is 2. The van der Waals surface area contributed by atoms with Gasteiger partial charge >= 0.3 is 239 Å². The van der Waals surface area contributed by atoms with Crippen LogP contribution in [0.15, 0.2) is 40.5 Å². The second kappa shape index (κ2) is 12.0. The molecule has 1 aliphatic heterocycles. The molecule has 0 radical (unpaired) electrons. The molecule has 0 saturated carbocycles. The average molecular weight is 669 g/mol. The number of rotatable bonds is 10. The number of aromatic nitrogens is 1. The van der Waals surface area contributed by atoms with Gasteiger partial charge in [0.25, 0.3) is 0 Å². The Morgan fingerprint density at radius 2 is 1.76 bits per heavy atom. The third kappa shape index (κ3) is 6.22. The normalized spacial score (nSPS) is 15.0. The minimum atomic E-state index is -4.27. The van der Waals surface area contributed by atoms with Crippen molar-refractivity contribution in [3.8, 4) is 11.5 Å². The zero-order valence-corrected chi connectivity index (χ0v) is 26.9. The molecule has 10 heteroatoms. The Morgan fingerprint density at radius 3 is 2.39 bits per heavy atom. The van der Waals surface area contributed by atoms with Crippen molar-refractivity contribution in [2.75, 3.05) is 31.4 Å². The second-order valence-corrected chi connectivity index (χ2v) is 15.2. The SMILES string of the molecule is CCC(=Cc1[se]c2cc(OC)c(OC)cc2[n+]1CCCS(=O)(=O)[O-])C=C1[Se]c2cc(C)c(C)cc2N1CC. The van der Waals surface area contributed by atoms with E-state index in [1.165, 1.54) is 31.4 Å². The molecule has 0 spiro atoms. The number of nitrogens with zero attached hydrogens (tertiary/aromatic N) is 2. The number of anilines is 1. The van der Waals surface area contributed by atoms with Crippen molar-refractivity contribution in [2.45, 2.75) is 47.1 Å². The van der Waals surface area contributed by atoms with Gasteiger partial charge in [-0.15, -0.1) is 0 Å². The first-order chi connectivity index (χ1) is 18.1. The van der Waals surface area contributed by atoms with Crippen LogP contribution in [0.25, 0.3) is 15.9 Å². The second-order valence-electron chi connectivity index (χ2n) is 9.19. The van der Waals surface area contributed by atoms with E-state index in [-0.39, 0.29) is 41.6 Å². The van der Waals surface area contributed by atoms with Crippen molar-refractivity contribution in [3.05, 3.63) is 56.2 Å². The number of allylic oxidation sites excluding steroid dienone is 2. The Labute approximate surface area is 237 Å². The Bertz CT molecular complexity index is 1530. The van der Waals surface area contributed by atoms with Crippen LogP contribution in [0.2, 0.25) is 0 Å². The van der Waals surface area contributed by atoms with Gasteiger partial charge in [0.15, 0.2) is 0 Å². The third-order valence-electron chi connectivity index (χ3n) is 6.70. The van der Waals surface area contributed by atoms with Gasteiger partial charge < -0.3 is 0 Å². The van der Waals surface area contributed by atoms with E-state index in [4.69, 9.17) is 9.47 Å². The topological polar surface area (TPSA) is 82.8 Å². The summed E-state index contributed by atoms with van der Waals surface area (Å²) in [5.74, 6) is 0.919. The summed E-state index contributed by atoms with van der Waals surface area (Å²) in [6.07, 6.45) is 5.72. The molecule has 3 aromatic rings. The minimum absolute atomic E-state index is 0.00734. The first-order valence-electron chi connectivity index (χ1n) is 12.6. The van der Waals surface area contributed by atoms with Gasteiger partial charge in [0, 0.05) is 0 Å². The third-order valence-corrected chi connectivity index (χ3v) is 12.1. The summed E-state index contributed by atoms with van der Waals surface area (Å²) in [4.78, 5) is 2.43. The van der Waals surface area contributed by atoms with Crippen LogP contribution in [0.3, 0.4) is 0 Å². The van der Waals surface area contributed by atoms with E-state index < -0.39 is 10.1 Å². The number of fused-ring (bicyclic) bond motifs is 2. The fraction of sp³-hybridized carbons (Fsp3) is 0.393. The van der Waals surface area contributed by atoms with Crippen molar-refractivity contribution in [2.24, 2.45) is 0 Å². The van der Waals surface area contributed by atoms with E-state index >= 15 is 0 Å². The summed E-state index contributed by atoms with van der Waals surface area (Å²) in [6.45, 7) is 10.1. The van der Waals surface area contributed by atoms with Crippen LogP contribution in [-0.2, 0) is 16.7 Å². The van der Waals surface area contributed by atoms with Crippen molar-refractivity contribution in [1.29, 1.82) is 0 Å².